The Balaban J connectivity index is 1.89. The van der Waals surface area contributed by atoms with Crippen molar-refractivity contribution >= 4 is 11.8 Å². The molecule has 0 saturated heterocycles. The summed E-state index contributed by atoms with van der Waals surface area (Å²) in [6, 6.07) is 10.4. The van der Waals surface area contributed by atoms with Crippen molar-refractivity contribution in [2.45, 2.75) is 19.9 Å². The molecule has 2 amide bonds. The van der Waals surface area contributed by atoms with Gasteiger partial charge in [0.25, 0.3) is 5.91 Å². The van der Waals surface area contributed by atoms with E-state index in [1.165, 1.54) is 0 Å². The van der Waals surface area contributed by atoms with Crippen molar-refractivity contribution in [3.8, 4) is 5.75 Å². The predicted octanol–water partition coefficient (Wildman–Crippen LogP) is 2.09. The van der Waals surface area contributed by atoms with Gasteiger partial charge in [0, 0.05) is 12.4 Å². The van der Waals surface area contributed by atoms with E-state index in [1.807, 2.05) is 26.0 Å². The lowest BCUT2D eigenvalue weighted by Crippen LogP contribution is -2.38. The highest BCUT2D eigenvalue weighted by molar-refractivity contribution is 5.98. The molecule has 126 valence electrons. The second kappa shape index (κ2) is 8.67. The van der Waals surface area contributed by atoms with Gasteiger partial charge in [0.1, 0.15) is 5.75 Å². The van der Waals surface area contributed by atoms with Crippen LogP contribution in [0.15, 0.2) is 48.8 Å². The van der Waals surface area contributed by atoms with Crippen LogP contribution in [0.1, 0.15) is 35.8 Å². The first-order valence-corrected chi connectivity index (χ1v) is 7.81. The van der Waals surface area contributed by atoms with Gasteiger partial charge in [-0.3, -0.25) is 14.6 Å². The Labute approximate surface area is 141 Å². The number of para-hydroxylation sites is 1. The Morgan fingerprint density at radius 3 is 2.71 bits per heavy atom. The fourth-order valence-electron chi connectivity index (χ4n) is 2.20. The van der Waals surface area contributed by atoms with Gasteiger partial charge in [0.2, 0.25) is 5.91 Å². The van der Waals surface area contributed by atoms with Gasteiger partial charge in [0.05, 0.1) is 24.8 Å². The monoisotopic (exact) mass is 327 g/mol. The third-order valence-electron chi connectivity index (χ3n) is 3.40. The molecule has 0 saturated carbocycles. The average molecular weight is 327 g/mol. The van der Waals surface area contributed by atoms with E-state index in [0.717, 1.165) is 5.56 Å². The molecule has 1 aromatic heterocycles. The molecule has 1 heterocycles. The lowest BCUT2D eigenvalue weighted by Gasteiger charge is -2.14. The van der Waals surface area contributed by atoms with Crippen molar-refractivity contribution < 1.29 is 14.3 Å². The summed E-state index contributed by atoms with van der Waals surface area (Å²) < 4.78 is 5.42. The van der Waals surface area contributed by atoms with Gasteiger partial charge in [-0.2, -0.15) is 0 Å². The first kappa shape index (κ1) is 17.5. The molecule has 6 nitrogen and oxygen atoms in total. The molecule has 1 aromatic carbocycles. The van der Waals surface area contributed by atoms with Gasteiger partial charge in [-0.15, -0.1) is 0 Å². The highest BCUT2D eigenvalue weighted by atomic mass is 16.5. The maximum atomic E-state index is 12.2. The molecule has 0 fully saturated rings. The lowest BCUT2D eigenvalue weighted by atomic mass is 10.1. The fraction of sp³-hybridized carbons (Fsp3) is 0.278. The maximum absolute atomic E-state index is 12.2. The van der Waals surface area contributed by atoms with E-state index < -0.39 is 0 Å². The molecule has 0 aliphatic heterocycles. The molecule has 0 aliphatic carbocycles. The quantitative estimate of drug-likeness (QED) is 0.816. The SMILES string of the molecule is CCOc1ccccc1C(=O)NCC(=O)NC(C)c1cccnc1. The van der Waals surface area contributed by atoms with Crippen molar-refractivity contribution in [2.24, 2.45) is 0 Å². The second-order valence-electron chi connectivity index (χ2n) is 5.19. The van der Waals surface area contributed by atoms with Crippen LogP contribution < -0.4 is 15.4 Å². The molecule has 2 rings (SSSR count). The van der Waals surface area contributed by atoms with Crippen LogP contribution in [0, 0.1) is 0 Å². The van der Waals surface area contributed by atoms with E-state index in [-0.39, 0.29) is 24.4 Å². The average Bonchev–Trinajstić information content (AvgIpc) is 2.61. The Hall–Kier alpha value is -2.89. The first-order chi connectivity index (χ1) is 11.6. The van der Waals surface area contributed by atoms with Crippen LogP contribution in [0.5, 0.6) is 5.75 Å². The van der Waals surface area contributed by atoms with Crippen LogP contribution in [-0.2, 0) is 4.79 Å². The predicted molar refractivity (Wildman–Crippen MR) is 90.7 cm³/mol. The van der Waals surface area contributed by atoms with E-state index >= 15 is 0 Å². The zero-order chi connectivity index (χ0) is 17.4. The van der Waals surface area contributed by atoms with Gasteiger partial charge in [0.15, 0.2) is 0 Å². The molecule has 2 N–H and O–H groups in total. The summed E-state index contributed by atoms with van der Waals surface area (Å²) in [6.45, 7) is 4.07. The minimum Gasteiger partial charge on any atom is -0.493 e. The van der Waals surface area contributed by atoms with Crippen LogP contribution in [0.2, 0.25) is 0 Å². The van der Waals surface area contributed by atoms with Crippen molar-refractivity contribution in [3.05, 3.63) is 59.9 Å². The van der Waals surface area contributed by atoms with E-state index in [2.05, 4.69) is 15.6 Å². The zero-order valence-corrected chi connectivity index (χ0v) is 13.8. The van der Waals surface area contributed by atoms with Crippen LogP contribution in [0.3, 0.4) is 0 Å². The minimum atomic E-state index is -0.344. The third-order valence-corrected chi connectivity index (χ3v) is 3.40. The number of rotatable bonds is 7. The van der Waals surface area contributed by atoms with Crippen molar-refractivity contribution in [2.75, 3.05) is 13.2 Å². The molecule has 0 radical (unpaired) electrons. The van der Waals surface area contributed by atoms with Crippen LogP contribution in [0.25, 0.3) is 0 Å². The standard InChI is InChI=1S/C18H21N3O3/c1-3-24-16-9-5-4-8-15(16)18(23)20-12-17(22)21-13(2)14-7-6-10-19-11-14/h4-11,13H,3,12H2,1-2H3,(H,20,23)(H,21,22). The Morgan fingerprint density at radius 2 is 2.00 bits per heavy atom. The number of nitrogens with zero attached hydrogens (tertiary/aromatic N) is 1. The summed E-state index contributed by atoms with van der Waals surface area (Å²) in [4.78, 5) is 28.2. The molecule has 24 heavy (non-hydrogen) atoms. The molecule has 2 aromatic rings. The number of nitrogens with one attached hydrogen (secondary N) is 2. The molecule has 0 bridgehead atoms. The molecular formula is C18H21N3O3. The summed E-state index contributed by atoms with van der Waals surface area (Å²) in [5.41, 5.74) is 1.31. The Morgan fingerprint density at radius 1 is 1.21 bits per heavy atom. The van der Waals surface area contributed by atoms with E-state index in [9.17, 15) is 9.59 Å². The zero-order valence-electron chi connectivity index (χ0n) is 13.8. The highest BCUT2D eigenvalue weighted by Crippen LogP contribution is 2.17. The van der Waals surface area contributed by atoms with Gasteiger partial charge < -0.3 is 15.4 Å². The van der Waals surface area contributed by atoms with Crippen LogP contribution >= 0.6 is 0 Å². The summed E-state index contributed by atoms with van der Waals surface area (Å²) in [5, 5.41) is 5.43. The van der Waals surface area contributed by atoms with Crippen LogP contribution in [-0.4, -0.2) is 29.9 Å². The van der Waals surface area contributed by atoms with Crippen molar-refractivity contribution in [1.82, 2.24) is 15.6 Å². The summed E-state index contributed by atoms with van der Waals surface area (Å²) in [5.74, 6) is -0.113. The number of ether oxygens (including phenoxy) is 1. The molecule has 0 aliphatic rings. The van der Waals surface area contributed by atoms with E-state index in [1.54, 1.807) is 36.7 Å². The minimum absolute atomic E-state index is 0.107. The molecular weight excluding hydrogens is 306 g/mol. The van der Waals surface area contributed by atoms with Crippen LogP contribution in [0.4, 0.5) is 0 Å². The largest absolute Gasteiger partial charge is 0.493 e. The molecule has 0 spiro atoms. The van der Waals surface area contributed by atoms with E-state index in [0.29, 0.717) is 17.9 Å². The smallest absolute Gasteiger partial charge is 0.255 e. The normalized spacial score (nSPS) is 11.4. The number of carbonyl (C=O) groups excluding carboxylic acids is 2. The number of hydrogen-bond donors (Lipinski definition) is 2. The maximum Gasteiger partial charge on any atom is 0.255 e. The topological polar surface area (TPSA) is 80.3 Å². The number of amides is 2. The Kier molecular flexibility index (Phi) is 6.31. The fourth-order valence-corrected chi connectivity index (χ4v) is 2.20. The Bertz CT molecular complexity index is 689. The highest BCUT2D eigenvalue weighted by Gasteiger charge is 2.14. The summed E-state index contributed by atoms with van der Waals surface area (Å²) >= 11 is 0. The summed E-state index contributed by atoms with van der Waals surface area (Å²) in [7, 11) is 0. The molecule has 1 unspecified atom stereocenters. The number of benzene rings is 1. The molecule has 6 heteroatoms. The van der Waals surface area contributed by atoms with E-state index in [4.69, 9.17) is 4.74 Å². The lowest BCUT2D eigenvalue weighted by molar-refractivity contribution is -0.120. The molecule has 1 atom stereocenters. The van der Waals surface area contributed by atoms with Gasteiger partial charge in [-0.25, -0.2) is 0 Å². The number of aromatic nitrogens is 1. The summed E-state index contributed by atoms with van der Waals surface area (Å²) in [6.07, 6.45) is 3.37. The van der Waals surface area contributed by atoms with Gasteiger partial charge in [-0.1, -0.05) is 18.2 Å². The van der Waals surface area contributed by atoms with Crippen molar-refractivity contribution in [1.29, 1.82) is 0 Å². The number of pyridine rings is 1. The van der Waals surface area contributed by atoms with Crippen molar-refractivity contribution in [3.63, 3.8) is 0 Å². The second-order valence-corrected chi connectivity index (χ2v) is 5.19. The van der Waals surface area contributed by atoms with Gasteiger partial charge >= 0.3 is 0 Å². The third kappa shape index (κ3) is 4.81. The number of carbonyl (C=O) groups is 2. The first-order valence-electron chi connectivity index (χ1n) is 7.81. The van der Waals surface area contributed by atoms with Gasteiger partial charge in [-0.05, 0) is 37.6 Å². The number of hydrogen-bond acceptors (Lipinski definition) is 4.